The van der Waals surface area contributed by atoms with Crippen LogP contribution in [0.15, 0.2) is 0 Å². The van der Waals surface area contributed by atoms with Crippen LogP contribution in [0.1, 0.15) is 39.0 Å². The standard InChI is InChI=1S/C14H25N3O2/c1-11-8-13(18)17(9-12(11)15)10-14(19)16-6-4-2-3-5-7-16/h11-12H,2-10,15H2,1H3. The Labute approximate surface area is 115 Å². The smallest absolute Gasteiger partial charge is 0.242 e. The molecule has 2 atom stereocenters. The van der Waals surface area contributed by atoms with E-state index in [0.29, 0.717) is 13.0 Å². The average Bonchev–Trinajstić information content (AvgIpc) is 2.64. The highest BCUT2D eigenvalue weighted by Crippen LogP contribution is 2.17. The number of nitrogens with two attached hydrogens (primary N) is 1. The summed E-state index contributed by atoms with van der Waals surface area (Å²) in [4.78, 5) is 27.7. The van der Waals surface area contributed by atoms with Crippen molar-refractivity contribution >= 4 is 11.8 Å². The van der Waals surface area contributed by atoms with E-state index >= 15 is 0 Å². The van der Waals surface area contributed by atoms with Crippen molar-refractivity contribution in [1.82, 2.24) is 9.80 Å². The molecule has 0 aliphatic carbocycles. The zero-order valence-electron chi connectivity index (χ0n) is 11.8. The van der Waals surface area contributed by atoms with E-state index in [9.17, 15) is 9.59 Å². The average molecular weight is 267 g/mol. The van der Waals surface area contributed by atoms with Crippen molar-refractivity contribution in [3.63, 3.8) is 0 Å². The van der Waals surface area contributed by atoms with Crippen LogP contribution in [0.5, 0.6) is 0 Å². The second kappa shape index (κ2) is 6.37. The lowest BCUT2D eigenvalue weighted by molar-refractivity contribution is -0.143. The SMILES string of the molecule is CC1CC(=O)N(CC(=O)N2CCCCCC2)CC1N. The Hall–Kier alpha value is -1.10. The maximum absolute atomic E-state index is 12.2. The first-order valence-corrected chi connectivity index (χ1v) is 7.39. The Bertz CT molecular complexity index is 338. The molecule has 2 N–H and O–H groups in total. The monoisotopic (exact) mass is 267 g/mol. The first-order valence-electron chi connectivity index (χ1n) is 7.39. The molecule has 2 aliphatic rings. The molecular weight excluding hydrogens is 242 g/mol. The highest BCUT2D eigenvalue weighted by Gasteiger charge is 2.31. The van der Waals surface area contributed by atoms with Gasteiger partial charge in [-0.2, -0.15) is 0 Å². The molecule has 0 spiro atoms. The molecule has 2 amide bonds. The van der Waals surface area contributed by atoms with Crippen molar-refractivity contribution < 1.29 is 9.59 Å². The second-order valence-corrected chi connectivity index (χ2v) is 5.91. The van der Waals surface area contributed by atoms with E-state index < -0.39 is 0 Å². The molecule has 108 valence electrons. The summed E-state index contributed by atoms with van der Waals surface area (Å²) in [6.45, 7) is 4.39. The first kappa shape index (κ1) is 14.3. The summed E-state index contributed by atoms with van der Waals surface area (Å²) >= 11 is 0. The second-order valence-electron chi connectivity index (χ2n) is 5.91. The lowest BCUT2D eigenvalue weighted by Crippen LogP contribution is -2.53. The van der Waals surface area contributed by atoms with Gasteiger partial charge in [-0.3, -0.25) is 9.59 Å². The molecular formula is C14H25N3O2. The molecule has 5 nitrogen and oxygen atoms in total. The Morgan fingerprint density at radius 3 is 2.53 bits per heavy atom. The minimum atomic E-state index is -0.00497. The summed E-state index contributed by atoms with van der Waals surface area (Å²) in [6.07, 6.45) is 5.03. The molecule has 19 heavy (non-hydrogen) atoms. The fourth-order valence-electron chi connectivity index (χ4n) is 2.83. The van der Waals surface area contributed by atoms with Crippen LogP contribution in [0.3, 0.4) is 0 Å². The van der Waals surface area contributed by atoms with Crippen LogP contribution in [0.25, 0.3) is 0 Å². The van der Waals surface area contributed by atoms with Gasteiger partial charge >= 0.3 is 0 Å². The number of hydrogen-bond acceptors (Lipinski definition) is 3. The fourth-order valence-corrected chi connectivity index (χ4v) is 2.83. The summed E-state index contributed by atoms with van der Waals surface area (Å²) in [5, 5.41) is 0. The van der Waals surface area contributed by atoms with Gasteiger partial charge < -0.3 is 15.5 Å². The van der Waals surface area contributed by atoms with Crippen LogP contribution < -0.4 is 5.73 Å². The minimum Gasteiger partial charge on any atom is -0.341 e. The third kappa shape index (κ3) is 3.69. The fraction of sp³-hybridized carbons (Fsp3) is 0.857. The van der Waals surface area contributed by atoms with Gasteiger partial charge in [-0.1, -0.05) is 19.8 Å². The van der Waals surface area contributed by atoms with Crippen molar-refractivity contribution in [2.45, 2.75) is 45.1 Å². The number of likely N-dealkylation sites (tertiary alicyclic amines) is 2. The van der Waals surface area contributed by atoms with Crippen LogP contribution >= 0.6 is 0 Å². The predicted octanol–water partition coefficient (Wildman–Crippen LogP) is 0.585. The van der Waals surface area contributed by atoms with Gasteiger partial charge in [0.2, 0.25) is 11.8 Å². The molecule has 2 rings (SSSR count). The summed E-state index contributed by atoms with van der Waals surface area (Å²) < 4.78 is 0. The van der Waals surface area contributed by atoms with Crippen molar-refractivity contribution in [3.8, 4) is 0 Å². The molecule has 0 saturated carbocycles. The zero-order chi connectivity index (χ0) is 13.8. The maximum Gasteiger partial charge on any atom is 0.242 e. The van der Waals surface area contributed by atoms with E-state index in [1.54, 1.807) is 4.90 Å². The van der Waals surface area contributed by atoms with Crippen LogP contribution in [0, 0.1) is 5.92 Å². The molecule has 0 bridgehead atoms. The van der Waals surface area contributed by atoms with Gasteiger partial charge in [0, 0.05) is 32.1 Å². The number of nitrogens with zero attached hydrogens (tertiary/aromatic N) is 2. The normalized spacial score (nSPS) is 29.3. The lowest BCUT2D eigenvalue weighted by Gasteiger charge is -2.35. The minimum absolute atomic E-state index is 0.00497. The molecule has 5 heteroatoms. The van der Waals surface area contributed by atoms with Crippen LogP contribution in [0.4, 0.5) is 0 Å². The summed E-state index contributed by atoms with van der Waals surface area (Å²) in [6, 6.07) is -0.00497. The molecule has 2 aliphatic heterocycles. The number of piperidine rings is 1. The van der Waals surface area contributed by atoms with E-state index in [-0.39, 0.29) is 30.3 Å². The number of hydrogen-bond donors (Lipinski definition) is 1. The summed E-state index contributed by atoms with van der Waals surface area (Å²) in [7, 11) is 0. The maximum atomic E-state index is 12.2. The Morgan fingerprint density at radius 2 is 1.89 bits per heavy atom. The van der Waals surface area contributed by atoms with Crippen LogP contribution in [-0.2, 0) is 9.59 Å². The molecule has 0 aromatic carbocycles. The van der Waals surface area contributed by atoms with Crippen molar-refractivity contribution in [2.24, 2.45) is 11.7 Å². The molecule has 2 heterocycles. The highest BCUT2D eigenvalue weighted by molar-refractivity contribution is 5.85. The van der Waals surface area contributed by atoms with Gasteiger partial charge in [-0.15, -0.1) is 0 Å². The first-order chi connectivity index (χ1) is 9.08. The number of carbonyl (C=O) groups excluding carboxylic acids is 2. The van der Waals surface area contributed by atoms with Crippen LogP contribution in [-0.4, -0.2) is 53.8 Å². The van der Waals surface area contributed by atoms with Gasteiger partial charge in [0.25, 0.3) is 0 Å². The summed E-state index contributed by atoms with van der Waals surface area (Å²) in [5.74, 6) is 0.367. The highest BCUT2D eigenvalue weighted by atomic mass is 16.2. The third-order valence-corrected chi connectivity index (χ3v) is 4.30. The van der Waals surface area contributed by atoms with E-state index in [1.165, 1.54) is 12.8 Å². The Balaban J connectivity index is 1.88. The lowest BCUT2D eigenvalue weighted by atomic mass is 9.94. The Kier molecular flexibility index (Phi) is 4.80. The number of carbonyl (C=O) groups is 2. The number of amides is 2. The Morgan fingerprint density at radius 1 is 1.26 bits per heavy atom. The van der Waals surface area contributed by atoms with Crippen molar-refractivity contribution in [2.75, 3.05) is 26.2 Å². The quantitative estimate of drug-likeness (QED) is 0.796. The largest absolute Gasteiger partial charge is 0.341 e. The molecule has 2 saturated heterocycles. The summed E-state index contributed by atoms with van der Waals surface area (Å²) in [5.41, 5.74) is 5.99. The van der Waals surface area contributed by atoms with Gasteiger partial charge in [0.05, 0.1) is 6.54 Å². The molecule has 2 unspecified atom stereocenters. The van der Waals surface area contributed by atoms with Gasteiger partial charge in [0.1, 0.15) is 0 Å². The molecule has 2 fully saturated rings. The van der Waals surface area contributed by atoms with E-state index in [2.05, 4.69) is 0 Å². The molecule has 0 aromatic heterocycles. The molecule has 0 aromatic rings. The van der Waals surface area contributed by atoms with Crippen molar-refractivity contribution in [1.29, 1.82) is 0 Å². The zero-order valence-corrected chi connectivity index (χ0v) is 11.8. The third-order valence-electron chi connectivity index (χ3n) is 4.30. The topological polar surface area (TPSA) is 66.6 Å². The van der Waals surface area contributed by atoms with E-state index in [0.717, 1.165) is 25.9 Å². The van der Waals surface area contributed by atoms with E-state index in [4.69, 9.17) is 5.73 Å². The van der Waals surface area contributed by atoms with Gasteiger partial charge in [-0.05, 0) is 18.8 Å². The van der Waals surface area contributed by atoms with Crippen LogP contribution in [0.2, 0.25) is 0 Å². The van der Waals surface area contributed by atoms with Crippen molar-refractivity contribution in [3.05, 3.63) is 0 Å². The van der Waals surface area contributed by atoms with Gasteiger partial charge in [-0.25, -0.2) is 0 Å². The molecule has 0 radical (unpaired) electrons. The van der Waals surface area contributed by atoms with E-state index in [1.807, 2.05) is 11.8 Å². The number of rotatable bonds is 2. The predicted molar refractivity (Wildman–Crippen MR) is 73.4 cm³/mol. The van der Waals surface area contributed by atoms with Gasteiger partial charge in [0.15, 0.2) is 0 Å².